The average Bonchev–Trinajstić information content (AvgIpc) is 3.35. The van der Waals surface area contributed by atoms with Crippen molar-refractivity contribution < 1.29 is 14.3 Å². The summed E-state index contributed by atoms with van der Waals surface area (Å²) in [6, 6.07) is 12.8. The molecule has 1 aliphatic rings. The van der Waals surface area contributed by atoms with Gasteiger partial charge in [0.2, 0.25) is 11.1 Å². The normalized spacial score (nSPS) is 14.4. The highest BCUT2D eigenvalue weighted by molar-refractivity contribution is 7.99. The molecule has 9 nitrogen and oxygen atoms in total. The van der Waals surface area contributed by atoms with E-state index in [1.165, 1.54) is 0 Å². The number of benzene rings is 2. The van der Waals surface area contributed by atoms with Crippen LogP contribution in [0.25, 0.3) is 0 Å². The number of hydrogen-bond donors (Lipinski definition) is 2. The largest absolute Gasteiger partial charge is 0.484 e. The first-order valence-corrected chi connectivity index (χ1v) is 14.7. The van der Waals surface area contributed by atoms with Crippen LogP contribution in [0, 0.1) is 13.8 Å². The highest BCUT2D eigenvalue weighted by atomic mass is 32.2. The molecule has 0 spiro atoms. The van der Waals surface area contributed by atoms with Crippen molar-refractivity contribution in [2.75, 3.05) is 36.1 Å². The fraction of sp³-hybridized carbons (Fsp3) is 0.400. The first kappa shape index (κ1) is 29.2. The highest BCUT2D eigenvalue weighted by Gasteiger charge is 2.34. The number of thioether (sulfide) groups is 1. The van der Waals surface area contributed by atoms with Gasteiger partial charge in [-0.25, -0.2) is 4.68 Å². The molecule has 40 heavy (non-hydrogen) atoms. The predicted octanol–water partition coefficient (Wildman–Crippen LogP) is 5.57. The van der Waals surface area contributed by atoms with Crippen LogP contribution in [-0.2, 0) is 9.59 Å². The number of nitrogens with zero attached hydrogens (tertiary/aromatic N) is 4. The summed E-state index contributed by atoms with van der Waals surface area (Å²) in [5.74, 6) is 1.81. The fourth-order valence-corrected chi connectivity index (χ4v) is 5.31. The lowest BCUT2D eigenvalue weighted by atomic mass is 9.94. The van der Waals surface area contributed by atoms with Crippen LogP contribution in [0.5, 0.6) is 5.75 Å². The van der Waals surface area contributed by atoms with Gasteiger partial charge in [0.1, 0.15) is 11.8 Å². The highest BCUT2D eigenvalue weighted by Crippen LogP contribution is 2.37. The van der Waals surface area contributed by atoms with Crippen molar-refractivity contribution in [2.45, 2.75) is 59.2 Å². The summed E-state index contributed by atoms with van der Waals surface area (Å²) in [5, 5.41) is 11.9. The van der Waals surface area contributed by atoms with Crippen LogP contribution in [0.2, 0.25) is 0 Å². The molecule has 2 N–H and O–H groups in total. The molecule has 4 rings (SSSR count). The summed E-state index contributed by atoms with van der Waals surface area (Å²) < 4.78 is 7.56. The molecule has 1 unspecified atom stereocenters. The van der Waals surface area contributed by atoms with Crippen molar-refractivity contribution >= 4 is 35.2 Å². The average molecular weight is 563 g/mol. The Balaban J connectivity index is 1.66. The molecule has 2 amide bonds. The number of aryl methyl sites for hydroxylation is 1. The molecule has 2 heterocycles. The second-order valence-corrected chi connectivity index (χ2v) is 10.8. The molecule has 1 atom stereocenters. The number of anilines is 2. The maximum Gasteiger partial charge on any atom is 0.260 e. The van der Waals surface area contributed by atoms with Gasteiger partial charge in [0.05, 0.1) is 5.57 Å². The van der Waals surface area contributed by atoms with Crippen LogP contribution in [0.3, 0.4) is 0 Å². The molecule has 0 fully saturated rings. The molecular weight excluding hydrogens is 524 g/mol. The Morgan fingerprint density at radius 2 is 1.80 bits per heavy atom. The van der Waals surface area contributed by atoms with Gasteiger partial charge in [-0.2, -0.15) is 4.98 Å². The summed E-state index contributed by atoms with van der Waals surface area (Å²) in [4.78, 5) is 32.6. The van der Waals surface area contributed by atoms with E-state index in [-0.39, 0.29) is 18.4 Å². The predicted molar refractivity (Wildman–Crippen MR) is 160 cm³/mol. The number of hydrogen-bond acceptors (Lipinski definition) is 7. The number of ether oxygens (including phenoxy) is 1. The van der Waals surface area contributed by atoms with Crippen LogP contribution in [0.4, 0.5) is 11.6 Å². The van der Waals surface area contributed by atoms with Crippen molar-refractivity contribution in [3.63, 3.8) is 0 Å². The van der Waals surface area contributed by atoms with Gasteiger partial charge in [-0.15, -0.1) is 5.10 Å². The number of fused-ring (bicyclic) bond motifs is 1. The summed E-state index contributed by atoms with van der Waals surface area (Å²) in [7, 11) is 0. The van der Waals surface area contributed by atoms with E-state index in [2.05, 4.69) is 22.5 Å². The molecule has 2 aromatic carbocycles. The molecule has 1 aliphatic heterocycles. The molecule has 10 heteroatoms. The van der Waals surface area contributed by atoms with Crippen molar-refractivity contribution in [3.05, 3.63) is 70.4 Å². The smallest absolute Gasteiger partial charge is 0.260 e. The van der Waals surface area contributed by atoms with E-state index in [4.69, 9.17) is 9.84 Å². The Kier molecular flexibility index (Phi) is 9.52. The van der Waals surface area contributed by atoms with Gasteiger partial charge in [-0.3, -0.25) is 9.59 Å². The summed E-state index contributed by atoms with van der Waals surface area (Å²) >= 11 is 1.59. The number of carbonyl (C=O) groups excluding carboxylic acids is 2. The number of rotatable bonds is 11. The second-order valence-electron chi connectivity index (χ2n) is 9.70. The minimum absolute atomic E-state index is 0.0257. The summed E-state index contributed by atoms with van der Waals surface area (Å²) in [6.45, 7) is 13.2. The Morgan fingerprint density at radius 1 is 1.07 bits per heavy atom. The van der Waals surface area contributed by atoms with Gasteiger partial charge in [-0.05, 0) is 75.9 Å². The standard InChI is InChI=1S/C30H38N6O3S/c1-7-17-40-30-33-29-31-21(6)26(28(38)32-24-12-10-11-19(4)20(24)5)27(36(29)34-30)22-13-15-23(16-14-22)39-18-25(37)35(8-2)9-3/h10-16,27H,7-9,17-18H2,1-6H3,(H,32,38)(H,31,33,34). The first-order chi connectivity index (χ1) is 19.3. The maximum atomic E-state index is 13.8. The lowest BCUT2D eigenvalue weighted by Crippen LogP contribution is -2.34. The molecule has 0 saturated heterocycles. The van der Waals surface area contributed by atoms with Gasteiger partial charge in [0.25, 0.3) is 11.8 Å². The number of carbonyl (C=O) groups is 2. The maximum absolute atomic E-state index is 13.8. The van der Waals surface area contributed by atoms with Crippen molar-refractivity contribution in [3.8, 4) is 5.75 Å². The van der Waals surface area contributed by atoms with E-state index in [0.717, 1.165) is 34.6 Å². The third-order valence-electron chi connectivity index (χ3n) is 7.04. The molecule has 0 bridgehead atoms. The lowest BCUT2D eigenvalue weighted by molar-refractivity contribution is -0.133. The molecule has 1 aromatic heterocycles. The van der Waals surface area contributed by atoms with Crippen molar-refractivity contribution in [2.24, 2.45) is 0 Å². The van der Waals surface area contributed by atoms with Gasteiger partial charge in [0, 0.05) is 30.2 Å². The van der Waals surface area contributed by atoms with Crippen LogP contribution < -0.4 is 15.4 Å². The monoisotopic (exact) mass is 562 g/mol. The van der Waals surface area contributed by atoms with Gasteiger partial charge in [-0.1, -0.05) is 43.0 Å². The second kappa shape index (κ2) is 13.0. The van der Waals surface area contributed by atoms with Gasteiger partial charge in [0.15, 0.2) is 6.61 Å². The number of amides is 2. The molecule has 212 valence electrons. The van der Waals surface area contributed by atoms with E-state index >= 15 is 0 Å². The number of nitrogens with one attached hydrogen (secondary N) is 2. The minimum Gasteiger partial charge on any atom is -0.484 e. The Hall–Kier alpha value is -3.79. The molecule has 0 saturated carbocycles. The number of allylic oxidation sites excluding steroid dienone is 1. The topological polar surface area (TPSA) is 101 Å². The Labute approximate surface area is 240 Å². The van der Waals surface area contributed by atoms with E-state index in [1.54, 1.807) is 21.3 Å². The van der Waals surface area contributed by atoms with E-state index < -0.39 is 6.04 Å². The van der Waals surface area contributed by atoms with Crippen LogP contribution in [0.1, 0.15) is 56.8 Å². The van der Waals surface area contributed by atoms with Crippen LogP contribution in [-0.4, -0.2) is 56.9 Å². The third kappa shape index (κ3) is 6.33. The lowest BCUT2D eigenvalue weighted by Gasteiger charge is -2.29. The first-order valence-electron chi connectivity index (χ1n) is 13.7. The summed E-state index contributed by atoms with van der Waals surface area (Å²) in [6.07, 6.45) is 1.00. The van der Waals surface area contributed by atoms with Crippen molar-refractivity contribution in [1.29, 1.82) is 0 Å². The van der Waals surface area contributed by atoms with E-state index in [1.807, 2.05) is 77.1 Å². The number of likely N-dealkylation sites (N-methyl/N-ethyl adjacent to an activating group) is 1. The minimum atomic E-state index is -0.504. The summed E-state index contributed by atoms with van der Waals surface area (Å²) in [5.41, 5.74) is 5.02. The Bertz CT molecular complexity index is 1390. The zero-order chi connectivity index (χ0) is 28.8. The SMILES string of the molecule is CCCSc1nc2n(n1)C(c1ccc(OCC(=O)N(CC)CC)cc1)C(C(=O)Nc1cccc(C)c1C)=C(C)N2. The zero-order valence-corrected chi connectivity index (χ0v) is 24.9. The van der Waals surface area contributed by atoms with Gasteiger partial charge < -0.3 is 20.3 Å². The van der Waals surface area contributed by atoms with Crippen molar-refractivity contribution in [1.82, 2.24) is 19.7 Å². The van der Waals surface area contributed by atoms with Crippen LogP contribution in [0.15, 0.2) is 58.9 Å². The van der Waals surface area contributed by atoms with Crippen LogP contribution >= 0.6 is 11.8 Å². The molecular formula is C30H38N6O3S. The van der Waals surface area contributed by atoms with E-state index in [9.17, 15) is 9.59 Å². The number of aromatic nitrogens is 3. The molecule has 3 aromatic rings. The molecule has 0 radical (unpaired) electrons. The Morgan fingerprint density at radius 3 is 2.48 bits per heavy atom. The quantitative estimate of drug-likeness (QED) is 0.295. The fourth-order valence-electron chi connectivity index (χ4n) is 4.62. The van der Waals surface area contributed by atoms with Gasteiger partial charge >= 0.3 is 0 Å². The third-order valence-corrected chi connectivity index (χ3v) is 8.08. The zero-order valence-electron chi connectivity index (χ0n) is 24.1. The van der Waals surface area contributed by atoms with E-state index in [0.29, 0.717) is 41.2 Å². The molecule has 0 aliphatic carbocycles.